The Labute approximate surface area is 150 Å². The summed E-state index contributed by atoms with van der Waals surface area (Å²) in [5, 5.41) is 0. The maximum atomic E-state index is 12.0. The molecule has 0 unspecified atom stereocenters. The van der Waals surface area contributed by atoms with Crippen molar-refractivity contribution in [1.82, 2.24) is 0 Å². The van der Waals surface area contributed by atoms with E-state index in [2.05, 4.69) is 26.0 Å². The molecule has 4 heteroatoms. The zero-order valence-corrected chi connectivity index (χ0v) is 15.4. The zero-order valence-electron chi connectivity index (χ0n) is 15.4. The van der Waals surface area contributed by atoms with Gasteiger partial charge in [0.05, 0.1) is 0 Å². The van der Waals surface area contributed by atoms with E-state index >= 15 is 0 Å². The van der Waals surface area contributed by atoms with Gasteiger partial charge >= 0.3 is 0 Å². The van der Waals surface area contributed by atoms with Crippen LogP contribution in [0.2, 0.25) is 0 Å². The molecule has 0 aromatic heterocycles. The fraction of sp³-hybridized carbons (Fsp3) is 0.571. The van der Waals surface area contributed by atoms with Gasteiger partial charge < -0.3 is 16.2 Å². The van der Waals surface area contributed by atoms with Crippen LogP contribution in [0.1, 0.15) is 67.4 Å². The normalized spacial score (nSPS) is 22.3. The van der Waals surface area contributed by atoms with Crippen LogP contribution >= 0.6 is 0 Å². The molecule has 2 aliphatic rings. The van der Waals surface area contributed by atoms with Gasteiger partial charge in [-0.2, -0.15) is 0 Å². The van der Waals surface area contributed by atoms with Crippen LogP contribution < -0.4 is 11.5 Å². The van der Waals surface area contributed by atoms with Crippen LogP contribution in [0.3, 0.4) is 0 Å². The molecule has 1 aliphatic heterocycles. The molecule has 25 heavy (non-hydrogen) atoms. The Hall–Kier alpha value is -1.65. The molecule has 4 nitrogen and oxygen atoms in total. The maximum Gasteiger partial charge on any atom is 0.249 e. The van der Waals surface area contributed by atoms with Crippen molar-refractivity contribution in [2.45, 2.75) is 51.4 Å². The number of allylic oxidation sites excluding steroid dienone is 2. The Kier molecular flexibility index (Phi) is 5.03. The number of hydrogen-bond donors (Lipinski definition) is 2. The van der Waals surface area contributed by atoms with Crippen molar-refractivity contribution in [2.24, 2.45) is 16.9 Å². The quantitative estimate of drug-likeness (QED) is 0.880. The molecular weight excluding hydrogens is 312 g/mol. The lowest BCUT2D eigenvalue weighted by molar-refractivity contribution is 0.0529. The van der Waals surface area contributed by atoms with E-state index in [4.69, 9.17) is 16.2 Å². The van der Waals surface area contributed by atoms with Gasteiger partial charge in [-0.05, 0) is 60.3 Å². The van der Waals surface area contributed by atoms with E-state index in [1.54, 1.807) is 0 Å². The summed E-state index contributed by atoms with van der Waals surface area (Å²) in [6.07, 6.45) is 7.26. The van der Waals surface area contributed by atoms with E-state index in [0.717, 1.165) is 50.9 Å². The van der Waals surface area contributed by atoms with E-state index < -0.39 is 0 Å². The molecule has 3 rings (SSSR count). The van der Waals surface area contributed by atoms with Gasteiger partial charge in [-0.15, -0.1) is 0 Å². The van der Waals surface area contributed by atoms with Gasteiger partial charge in [-0.3, -0.25) is 4.79 Å². The van der Waals surface area contributed by atoms with Crippen molar-refractivity contribution in [3.05, 3.63) is 41.0 Å². The Morgan fingerprint density at radius 1 is 1.20 bits per heavy atom. The van der Waals surface area contributed by atoms with Crippen molar-refractivity contribution in [1.29, 1.82) is 0 Å². The minimum Gasteiger partial charge on any atom is -0.381 e. The van der Waals surface area contributed by atoms with Gasteiger partial charge in [0.15, 0.2) is 0 Å². The maximum absolute atomic E-state index is 12.0. The summed E-state index contributed by atoms with van der Waals surface area (Å²) in [7, 11) is 0. The molecule has 0 saturated carbocycles. The molecule has 4 N–H and O–H groups in total. The smallest absolute Gasteiger partial charge is 0.249 e. The van der Waals surface area contributed by atoms with E-state index in [-0.39, 0.29) is 11.3 Å². The van der Waals surface area contributed by atoms with Crippen molar-refractivity contribution in [2.75, 3.05) is 19.8 Å². The predicted octanol–water partition coefficient (Wildman–Crippen LogP) is 3.39. The second-order valence-electron chi connectivity index (χ2n) is 8.32. The van der Waals surface area contributed by atoms with Crippen LogP contribution in [0.15, 0.2) is 24.3 Å². The second-order valence-corrected chi connectivity index (χ2v) is 8.32. The van der Waals surface area contributed by atoms with Gasteiger partial charge in [0.1, 0.15) is 0 Å². The van der Waals surface area contributed by atoms with E-state index in [1.807, 2.05) is 12.1 Å². The molecule has 1 fully saturated rings. The summed E-state index contributed by atoms with van der Waals surface area (Å²) in [6.45, 7) is 6.65. The molecule has 1 aromatic rings. The van der Waals surface area contributed by atoms with Crippen LogP contribution in [0.4, 0.5) is 0 Å². The summed E-state index contributed by atoms with van der Waals surface area (Å²) in [6, 6.07) is 6.10. The Morgan fingerprint density at radius 2 is 1.92 bits per heavy atom. The van der Waals surface area contributed by atoms with E-state index in [1.165, 1.54) is 11.1 Å². The monoisotopic (exact) mass is 342 g/mol. The highest BCUT2D eigenvalue weighted by molar-refractivity contribution is 5.98. The first-order valence-corrected chi connectivity index (χ1v) is 9.28. The third kappa shape index (κ3) is 3.65. The lowest BCUT2D eigenvalue weighted by atomic mass is 9.72. The highest BCUT2D eigenvalue weighted by atomic mass is 16.5. The number of hydrogen-bond acceptors (Lipinski definition) is 3. The summed E-state index contributed by atoms with van der Waals surface area (Å²) in [4.78, 5) is 12.0. The highest BCUT2D eigenvalue weighted by Crippen LogP contribution is 2.41. The number of primary amides is 1. The first-order valence-electron chi connectivity index (χ1n) is 9.28. The third-order valence-electron chi connectivity index (χ3n) is 6.06. The number of benzene rings is 1. The minimum absolute atomic E-state index is 0.0579. The average Bonchev–Trinajstić information content (AvgIpc) is 2.61. The summed E-state index contributed by atoms with van der Waals surface area (Å²) < 4.78 is 5.54. The summed E-state index contributed by atoms with van der Waals surface area (Å²) >= 11 is 0. The van der Waals surface area contributed by atoms with Crippen molar-refractivity contribution in [3.8, 4) is 0 Å². The number of nitrogens with two attached hydrogens (primary N) is 2. The Bertz CT molecular complexity index is 685. The van der Waals surface area contributed by atoms with E-state index in [0.29, 0.717) is 17.5 Å². The van der Waals surface area contributed by atoms with Crippen LogP contribution in [0.25, 0.3) is 5.57 Å². The topological polar surface area (TPSA) is 78.3 Å². The van der Waals surface area contributed by atoms with Crippen LogP contribution in [0.5, 0.6) is 0 Å². The third-order valence-corrected chi connectivity index (χ3v) is 6.06. The number of carbonyl (C=O) groups is 1. The van der Waals surface area contributed by atoms with Gasteiger partial charge in [0.2, 0.25) is 5.91 Å². The molecule has 1 aromatic carbocycles. The van der Waals surface area contributed by atoms with Crippen molar-refractivity contribution >= 4 is 11.5 Å². The first-order chi connectivity index (χ1) is 11.9. The second kappa shape index (κ2) is 6.93. The molecule has 0 bridgehead atoms. The van der Waals surface area contributed by atoms with Crippen LogP contribution in [-0.2, 0) is 10.2 Å². The lowest BCUT2D eigenvalue weighted by Crippen LogP contribution is -2.40. The molecule has 0 spiro atoms. The molecule has 0 radical (unpaired) electrons. The molecule has 0 atom stereocenters. The number of carbonyl (C=O) groups excluding carboxylic acids is 1. The molecule has 1 saturated heterocycles. The zero-order chi connectivity index (χ0) is 18.1. The van der Waals surface area contributed by atoms with Crippen molar-refractivity contribution < 1.29 is 9.53 Å². The standard InChI is InChI=1S/C21H30N2O2/c1-20(2)7-5-15(6-8-20)18-13-16(3-4-17(18)19(23)24)21(14-22)9-11-25-12-10-21/h3-5,13H,6-12,14,22H2,1-2H3,(H2,23,24). The minimum atomic E-state index is -0.360. The molecule has 1 aliphatic carbocycles. The molecule has 1 heterocycles. The Balaban J connectivity index is 2.04. The summed E-state index contributed by atoms with van der Waals surface area (Å²) in [5.74, 6) is -0.360. The SMILES string of the molecule is CC1(C)CC=C(c2cc(C3(CN)CCOCC3)ccc2C(N)=O)CC1. The van der Waals surface area contributed by atoms with Gasteiger partial charge in [0.25, 0.3) is 0 Å². The van der Waals surface area contributed by atoms with Crippen molar-refractivity contribution in [3.63, 3.8) is 0 Å². The molecule has 1 amide bonds. The Morgan fingerprint density at radius 3 is 2.48 bits per heavy atom. The molecular formula is C21H30N2O2. The fourth-order valence-electron chi connectivity index (χ4n) is 4.05. The fourth-order valence-corrected chi connectivity index (χ4v) is 4.05. The van der Waals surface area contributed by atoms with Crippen LogP contribution in [0, 0.1) is 5.41 Å². The highest BCUT2D eigenvalue weighted by Gasteiger charge is 2.34. The van der Waals surface area contributed by atoms with Crippen LogP contribution in [-0.4, -0.2) is 25.7 Å². The number of amides is 1. The first kappa shape index (κ1) is 18.2. The van der Waals surface area contributed by atoms with E-state index in [9.17, 15) is 4.79 Å². The predicted molar refractivity (Wildman–Crippen MR) is 101 cm³/mol. The summed E-state index contributed by atoms with van der Waals surface area (Å²) in [5.41, 5.74) is 16.2. The number of rotatable bonds is 4. The average molecular weight is 342 g/mol. The molecule has 136 valence electrons. The number of ether oxygens (including phenoxy) is 1. The lowest BCUT2D eigenvalue weighted by Gasteiger charge is -2.37. The largest absolute Gasteiger partial charge is 0.381 e. The van der Waals surface area contributed by atoms with Gasteiger partial charge in [-0.25, -0.2) is 0 Å². The van der Waals surface area contributed by atoms with Gasteiger partial charge in [-0.1, -0.05) is 32.1 Å². The van der Waals surface area contributed by atoms with Gasteiger partial charge in [0, 0.05) is 30.7 Å².